The fourth-order valence-electron chi connectivity index (χ4n) is 3.00. The van der Waals surface area contributed by atoms with Gasteiger partial charge in [0.25, 0.3) is 5.91 Å². The van der Waals surface area contributed by atoms with E-state index in [4.69, 9.17) is 0 Å². The molecule has 0 aliphatic heterocycles. The number of thiazole rings is 1. The Hall–Kier alpha value is -2.57. The molecule has 0 unspecified atom stereocenters. The van der Waals surface area contributed by atoms with Gasteiger partial charge in [0, 0.05) is 6.08 Å². The maximum Gasteiger partial charge on any atom is 0.252 e. The highest BCUT2D eigenvalue weighted by Crippen LogP contribution is 2.29. The van der Waals surface area contributed by atoms with E-state index in [0.717, 1.165) is 29.9 Å². The summed E-state index contributed by atoms with van der Waals surface area (Å²) in [5.74, 6) is -0.410. The first-order valence-corrected chi connectivity index (χ1v) is 10.4. The van der Waals surface area contributed by atoms with Gasteiger partial charge >= 0.3 is 0 Å². The number of carbonyl (C=O) groups excluding carboxylic acids is 1. The van der Waals surface area contributed by atoms with Gasteiger partial charge in [0.15, 0.2) is 5.13 Å². The van der Waals surface area contributed by atoms with Crippen molar-refractivity contribution in [1.29, 1.82) is 0 Å². The molecule has 2 aromatic carbocycles. The van der Waals surface area contributed by atoms with Gasteiger partial charge < -0.3 is 4.90 Å². The Morgan fingerprint density at radius 3 is 2.64 bits per heavy atom. The molecule has 0 atom stereocenters. The highest BCUT2D eigenvalue weighted by Gasteiger charge is 2.20. The van der Waals surface area contributed by atoms with E-state index in [1.165, 1.54) is 28.4 Å². The summed E-state index contributed by atoms with van der Waals surface area (Å²) in [6, 6.07) is 14.2. The van der Waals surface area contributed by atoms with Gasteiger partial charge in [-0.2, -0.15) is 0 Å². The van der Waals surface area contributed by atoms with Crippen LogP contribution in [0.5, 0.6) is 0 Å². The number of hydrogen-bond donors (Lipinski definition) is 1. The Morgan fingerprint density at radius 2 is 1.93 bits per heavy atom. The van der Waals surface area contributed by atoms with Crippen molar-refractivity contribution >= 4 is 38.7 Å². The van der Waals surface area contributed by atoms with Crippen molar-refractivity contribution in [3.8, 4) is 0 Å². The first kappa shape index (κ1) is 20.2. The summed E-state index contributed by atoms with van der Waals surface area (Å²) >= 11 is 1.35. The number of nitrogens with zero attached hydrogens (tertiary/aromatic N) is 2. The first-order chi connectivity index (χ1) is 13.6. The van der Waals surface area contributed by atoms with Crippen LogP contribution in [0.15, 0.2) is 54.6 Å². The monoisotopic (exact) mass is 398 g/mol. The van der Waals surface area contributed by atoms with Crippen LogP contribution in [0, 0.1) is 5.82 Å². The molecule has 0 aliphatic carbocycles. The van der Waals surface area contributed by atoms with Crippen LogP contribution in [0.4, 0.5) is 9.52 Å². The fraction of sp³-hybridized carbons (Fsp3) is 0.273. The molecule has 0 saturated heterocycles. The molecule has 146 valence electrons. The molecule has 0 fully saturated rings. The van der Waals surface area contributed by atoms with Crippen molar-refractivity contribution in [2.45, 2.75) is 13.8 Å². The molecule has 1 N–H and O–H groups in total. The largest absolute Gasteiger partial charge is 0.334 e. The quantitative estimate of drug-likeness (QED) is 0.591. The lowest BCUT2D eigenvalue weighted by atomic mass is 10.2. The number of carbonyl (C=O) groups is 1. The molecular formula is C22H25FN3OS+. The first-order valence-electron chi connectivity index (χ1n) is 9.55. The van der Waals surface area contributed by atoms with Gasteiger partial charge in [0.2, 0.25) is 0 Å². The SMILES string of the molecule is CC[NH+](CC)CCN(C(=O)/C=C/c1ccccc1)c1nc2ccc(F)cc2s1. The Morgan fingerprint density at radius 1 is 1.18 bits per heavy atom. The summed E-state index contributed by atoms with van der Waals surface area (Å²) in [7, 11) is 0. The maximum atomic E-state index is 13.5. The van der Waals surface area contributed by atoms with Crippen molar-refractivity contribution < 1.29 is 14.1 Å². The highest BCUT2D eigenvalue weighted by atomic mass is 32.1. The third-order valence-electron chi connectivity index (χ3n) is 4.74. The van der Waals surface area contributed by atoms with Crippen molar-refractivity contribution in [2.24, 2.45) is 0 Å². The molecule has 6 heteroatoms. The normalized spacial score (nSPS) is 11.6. The summed E-state index contributed by atoms with van der Waals surface area (Å²) in [5, 5.41) is 0.606. The molecule has 1 heterocycles. The Bertz CT molecular complexity index is 951. The van der Waals surface area contributed by atoms with Crippen LogP contribution in [-0.4, -0.2) is 37.1 Å². The number of anilines is 1. The Kier molecular flexibility index (Phi) is 6.90. The van der Waals surface area contributed by atoms with Crippen LogP contribution in [0.25, 0.3) is 16.3 Å². The number of nitrogens with one attached hydrogen (secondary N) is 1. The molecule has 0 bridgehead atoms. The molecule has 1 amide bonds. The van der Waals surface area contributed by atoms with Gasteiger partial charge in [-0.15, -0.1) is 0 Å². The number of rotatable bonds is 8. The zero-order chi connectivity index (χ0) is 19.9. The van der Waals surface area contributed by atoms with Crippen LogP contribution in [-0.2, 0) is 4.79 Å². The molecule has 0 radical (unpaired) electrons. The van der Waals surface area contributed by atoms with Gasteiger partial charge in [-0.25, -0.2) is 9.37 Å². The minimum atomic E-state index is -0.294. The molecular weight excluding hydrogens is 373 g/mol. The summed E-state index contributed by atoms with van der Waals surface area (Å²) in [5.41, 5.74) is 1.68. The van der Waals surface area contributed by atoms with E-state index in [1.54, 1.807) is 17.0 Å². The van der Waals surface area contributed by atoms with Gasteiger partial charge in [-0.1, -0.05) is 41.7 Å². The molecule has 4 nitrogen and oxygen atoms in total. The predicted octanol–water partition coefficient (Wildman–Crippen LogP) is 3.41. The van der Waals surface area contributed by atoms with Gasteiger partial charge in [0.1, 0.15) is 5.82 Å². The number of benzene rings is 2. The van der Waals surface area contributed by atoms with Crippen molar-refractivity contribution in [2.75, 3.05) is 31.1 Å². The number of amides is 1. The number of halogens is 1. The van der Waals surface area contributed by atoms with E-state index >= 15 is 0 Å². The number of likely N-dealkylation sites (N-methyl/N-ethyl adjacent to an activating group) is 1. The number of quaternary nitrogens is 1. The van der Waals surface area contributed by atoms with Crippen LogP contribution in [0.1, 0.15) is 19.4 Å². The van der Waals surface area contributed by atoms with E-state index in [0.29, 0.717) is 17.2 Å². The van der Waals surface area contributed by atoms with Crippen LogP contribution >= 0.6 is 11.3 Å². The van der Waals surface area contributed by atoms with E-state index in [-0.39, 0.29) is 11.7 Å². The van der Waals surface area contributed by atoms with Gasteiger partial charge in [0.05, 0.1) is 36.4 Å². The van der Waals surface area contributed by atoms with Gasteiger partial charge in [-0.05, 0) is 43.7 Å². The second-order valence-electron chi connectivity index (χ2n) is 6.55. The Labute approximate surface area is 168 Å². The van der Waals surface area contributed by atoms with Crippen molar-refractivity contribution in [1.82, 2.24) is 4.98 Å². The fourth-order valence-corrected chi connectivity index (χ4v) is 4.02. The Balaban J connectivity index is 1.86. The number of hydrogen-bond acceptors (Lipinski definition) is 3. The predicted molar refractivity (Wildman–Crippen MR) is 114 cm³/mol. The molecule has 0 aliphatic rings. The summed E-state index contributed by atoms with van der Waals surface area (Å²) in [6.07, 6.45) is 3.39. The molecule has 3 rings (SSSR count). The summed E-state index contributed by atoms with van der Waals surface area (Å²) < 4.78 is 14.3. The third kappa shape index (κ3) is 5.03. The molecule has 1 aromatic heterocycles. The maximum absolute atomic E-state index is 13.5. The standard InChI is InChI=1S/C22H24FN3OS/c1-3-25(4-2)14-15-26(21(27)13-10-17-8-6-5-7-9-17)22-24-19-12-11-18(23)16-20(19)28-22/h5-13,16H,3-4,14-15H2,1-2H3/p+1/b13-10+. The topological polar surface area (TPSA) is 37.6 Å². The second-order valence-corrected chi connectivity index (χ2v) is 7.56. The van der Waals surface area contributed by atoms with E-state index in [2.05, 4.69) is 18.8 Å². The van der Waals surface area contributed by atoms with Crippen molar-refractivity contribution in [3.63, 3.8) is 0 Å². The lowest BCUT2D eigenvalue weighted by Crippen LogP contribution is -3.12. The lowest BCUT2D eigenvalue weighted by molar-refractivity contribution is -0.894. The van der Waals surface area contributed by atoms with Crippen LogP contribution < -0.4 is 9.80 Å². The smallest absolute Gasteiger partial charge is 0.252 e. The summed E-state index contributed by atoms with van der Waals surface area (Å²) in [4.78, 5) is 20.7. The minimum Gasteiger partial charge on any atom is -0.334 e. The zero-order valence-corrected chi connectivity index (χ0v) is 17.0. The minimum absolute atomic E-state index is 0.116. The van der Waals surface area contributed by atoms with E-state index < -0.39 is 0 Å². The average molecular weight is 399 g/mol. The van der Waals surface area contributed by atoms with Crippen LogP contribution in [0.2, 0.25) is 0 Å². The number of fused-ring (bicyclic) bond motifs is 1. The van der Waals surface area contributed by atoms with Crippen LogP contribution in [0.3, 0.4) is 0 Å². The van der Waals surface area contributed by atoms with E-state index in [1.807, 2.05) is 36.4 Å². The van der Waals surface area contributed by atoms with Crippen molar-refractivity contribution in [3.05, 3.63) is 66.0 Å². The molecule has 3 aromatic rings. The molecule has 0 spiro atoms. The number of aromatic nitrogens is 1. The second kappa shape index (κ2) is 9.57. The molecule has 0 saturated carbocycles. The van der Waals surface area contributed by atoms with E-state index in [9.17, 15) is 9.18 Å². The molecule has 28 heavy (non-hydrogen) atoms. The highest BCUT2D eigenvalue weighted by molar-refractivity contribution is 7.22. The zero-order valence-electron chi connectivity index (χ0n) is 16.2. The van der Waals surface area contributed by atoms with Gasteiger partial charge in [-0.3, -0.25) is 9.69 Å². The average Bonchev–Trinajstić information content (AvgIpc) is 3.13. The third-order valence-corrected chi connectivity index (χ3v) is 5.78. The lowest BCUT2D eigenvalue weighted by Gasteiger charge is -2.22. The summed E-state index contributed by atoms with van der Waals surface area (Å²) in [6.45, 7) is 7.69.